The summed E-state index contributed by atoms with van der Waals surface area (Å²) in [4.78, 5) is 19.7. The molecule has 0 aliphatic heterocycles. The monoisotopic (exact) mass is 270 g/mol. The molecule has 1 amide bonds. The molecule has 98 valence electrons. The molecule has 1 aliphatic rings. The predicted molar refractivity (Wildman–Crippen MR) is 67.8 cm³/mol. The van der Waals surface area contributed by atoms with E-state index < -0.39 is 6.04 Å². The lowest BCUT2D eigenvalue weighted by Gasteiger charge is -2.15. The number of carbonyl (C=O) groups excluding carboxylic acids is 1. The van der Waals surface area contributed by atoms with Crippen LogP contribution in [-0.4, -0.2) is 35.1 Å². The van der Waals surface area contributed by atoms with E-state index in [4.69, 9.17) is 16.3 Å². The first-order chi connectivity index (χ1) is 8.60. The minimum absolute atomic E-state index is 0.0638. The number of hydrogen-bond donors (Lipinski definition) is 2. The van der Waals surface area contributed by atoms with Gasteiger partial charge in [-0.2, -0.15) is 4.98 Å². The minimum Gasteiger partial charge on any atom is -0.467 e. The van der Waals surface area contributed by atoms with E-state index in [1.54, 1.807) is 6.92 Å². The molecule has 0 spiro atoms. The van der Waals surface area contributed by atoms with Crippen LogP contribution in [0, 0.1) is 0 Å². The number of nitrogens with one attached hydrogen (secondary N) is 2. The van der Waals surface area contributed by atoms with Crippen molar-refractivity contribution in [2.45, 2.75) is 31.8 Å². The summed E-state index contributed by atoms with van der Waals surface area (Å²) in [5.41, 5.74) is 0. The van der Waals surface area contributed by atoms with Crippen LogP contribution in [0.1, 0.15) is 19.8 Å². The molecule has 18 heavy (non-hydrogen) atoms. The summed E-state index contributed by atoms with van der Waals surface area (Å²) in [7, 11) is 1.47. The maximum Gasteiger partial charge on any atom is 0.318 e. The quantitative estimate of drug-likeness (QED) is 0.841. The summed E-state index contributed by atoms with van der Waals surface area (Å²) >= 11 is 5.95. The van der Waals surface area contributed by atoms with Gasteiger partial charge in [0.05, 0.1) is 13.3 Å². The molecule has 2 N–H and O–H groups in total. The first-order valence-corrected chi connectivity index (χ1v) is 6.11. The third-order valence-electron chi connectivity index (χ3n) is 2.57. The van der Waals surface area contributed by atoms with Crippen LogP contribution in [0.3, 0.4) is 0 Å². The van der Waals surface area contributed by atoms with Crippen molar-refractivity contribution in [3.63, 3.8) is 0 Å². The van der Waals surface area contributed by atoms with Crippen LogP contribution in [-0.2, 0) is 4.79 Å². The molecular formula is C11H15ClN4O2. The van der Waals surface area contributed by atoms with Crippen LogP contribution >= 0.6 is 11.6 Å². The van der Waals surface area contributed by atoms with Crippen molar-refractivity contribution in [3.8, 4) is 6.01 Å². The maximum atomic E-state index is 11.8. The third kappa shape index (κ3) is 3.22. The van der Waals surface area contributed by atoms with Gasteiger partial charge in [0, 0.05) is 6.04 Å². The van der Waals surface area contributed by atoms with Crippen molar-refractivity contribution < 1.29 is 9.53 Å². The Morgan fingerprint density at radius 1 is 1.61 bits per heavy atom. The molecule has 1 atom stereocenters. The number of amides is 1. The molecule has 1 aromatic rings. The van der Waals surface area contributed by atoms with Crippen molar-refractivity contribution in [2.24, 2.45) is 0 Å². The van der Waals surface area contributed by atoms with Gasteiger partial charge in [0.15, 0.2) is 5.82 Å². The number of ether oxygens (including phenoxy) is 1. The molecule has 1 fully saturated rings. The number of nitrogens with zero attached hydrogens (tertiary/aromatic N) is 2. The zero-order chi connectivity index (χ0) is 13.1. The van der Waals surface area contributed by atoms with Crippen LogP contribution in [0.15, 0.2) is 6.20 Å². The summed E-state index contributed by atoms with van der Waals surface area (Å²) in [5, 5.41) is 6.19. The Kier molecular flexibility index (Phi) is 3.86. The highest BCUT2D eigenvalue weighted by molar-refractivity contribution is 6.32. The Labute approximate surface area is 110 Å². The highest BCUT2D eigenvalue weighted by atomic mass is 35.5. The Hall–Kier alpha value is -1.56. The first-order valence-electron chi connectivity index (χ1n) is 5.73. The summed E-state index contributed by atoms with van der Waals surface area (Å²) in [5.74, 6) is 0.327. The van der Waals surface area contributed by atoms with Crippen molar-refractivity contribution in [1.29, 1.82) is 0 Å². The van der Waals surface area contributed by atoms with Gasteiger partial charge in [0.25, 0.3) is 0 Å². The minimum atomic E-state index is -0.414. The standard InChI is InChI=1S/C11H15ClN4O2/c1-6(10(17)15-7-3-4-7)14-9-8(12)5-13-11(16-9)18-2/h5-7H,3-4H2,1-2H3,(H,15,17)(H,13,14,16). The average Bonchev–Trinajstić information content (AvgIpc) is 3.15. The van der Waals surface area contributed by atoms with Gasteiger partial charge in [-0.3, -0.25) is 4.79 Å². The summed E-state index contributed by atoms with van der Waals surface area (Å²) < 4.78 is 4.91. The van der Waals surface area contributed by atoms with Crippen LogP contribution in [0.2, 0.25) is 5.02 Å². The molecule has 0 saturated heterocycles. The van der Waals surface area contributed by atoms with Crippen LogP contribution < -0.4 is 15.4 Å². The SMILES string of the molecule is COc1ncc(Cl)c(NC(C)C(=O)NC2CC2)n1. The molecule has 1 aliphatic carbocycles. The number of anilines is 1. The van der Waals surface area contributed by atoms with Gasteiger partial charge in [-0.25, -0.2) is 4.98 Å². The molecule has 0 aromatic carbocycles. The third-order valence-corrected chi connectivity index (χ3v) is 2.85. The molecule has 6 nitrogen and oxygen atoms in total. The zero-order valence-electron chi connectivity index (χ0n) is 10.2. The van der Waals surface area contributed by atoms with E-state index in [1.807, 2.05) is 0 Å². The second-order valence-electron chi connectivity index (χ2n) is 4.20. The molecule has 0 bridgehead atoms. The number of carbonyl (C=O) groups is 1. The van der Waals surface area contributed by atoms with E-state index in [2.05, 4.69) is 20.6 Å². The highest BCUT2D eigenvalue weighted by Gasteiger charge is 2.26. The normalized spacial score (nSPS) is 15.9. The van der Waals surface area contributed by atoms with Crippen LogP contribution in [0.4, 0.5) is 5.82 Å². The molecule has 2 rings (SSSR count). The largest absolute Gasteiger partial charge is 0.467 e. The van der Waals surface area contributed by atoms with Gasteiger partial charge < -0.3 is 15.4 Å². The molecule has 1 unspecified atom stereocenters. The lowest BCUT2D eigenvalue weighted by molar-refractivity contribution is -0.121. The number of rotatable bonds is 5. The fourth-order valence-electron chi connectivity index (χ4n) is 1.37. The second-order valence-corrected chi connectivity index (χ2v) is 4.61. The fourth-order valence-corrected chi connectivity index (χ4v) is 1.52. The van der Waals surface area contributed by atoms with Crippen molar-refractivity contribution in [2.75, 3.05) is 12.4 Å². The van der Waals surface area contributed by atoms with Crippen molar-refractivity contribution >= 4 is 23.3 Å². The summed E-state index contributed by atoms with van der Waals surface area (Å²) in [6.45, 7) is 1.75. The Bertz CT molecular complexity index is 451. The zero-order valence-corrected chi connectivity index (χ0v) is 11.0. The Morgan fingerprint density at radius 3 is 2.94 bits per heavy atom. The average molecular weight is 271 g/mol. The molecule has 7 heteroatoms. The van der Waals surface area contributed by atoms with Gasteiger partial charge in [0.1, 0.15) is 11.1 Å². The van der Waals surface area contributed by atoms with Gasteiger partial charge in [-0.1, -0.05) is 11.6 Å². The molecule has 1 aromatic heterocycles. The van der Waals surface area contributed by atoms with E-state index in [-0.39, 0.29) is 11.9 Å². The lowest BCUT2D eigenvalue weighted by atomic mass is 10.3. The Balaban J connectivity index is 2.00. The van der Waals surface area contributed by atoms with E-state index in [9.17, 15) is 4.79 Å². The van der Waals surface area contributed by atoms with Gasteiger partial charge >= 0.3 is 6.01 Å². The van der Waals surface area contributed by atoms with Gasteiger partial charge in [-0.15, -0.1) is 0 Å². The van der Waals surface area contributed by atoms with Crippen LogP contribution in [0.25, 0.3) is 0 Å². The van der Waals surface area contributed by atoms with E-state index in [0.29, 0.717) is 16.9 Å². The molecule has 1 heterocycles. The first kappa shape index (κ1) is 12.9. The van der Waals surface area contributed by atoms with E-state index in [1.165, 1.54) is 13.3 Å². The fraction of sp³-hybridized carbons (Fsp3) is 0.545. The summed E-state index contributed by atoms with van der Waals surface area (Å²) in [6.07, 6.45) is 3.54. The summed E-state index contributed by atoms with van der Waals surface area (Å²) in [6, 6.07) is 0.122. The van der Waals surface area contributed by atoms with Crippen molar-refractivity contribution in [1.82, 2.24) is 15.3 Å². The Morgan fingerprint density at radius 2 is 2.33 bits per heavy atom. The number of hydrogen-bond acceptors (Lipinski definition) is 5. The maximum absolute atomic E-state index is 11.8. The molecular weight excluding hydrogens is 256 g/mol. The molecule has 0 radical (unpaired) electrons. The topological polar surface area (TPSA) is 76.1 Å². The smallest absolute Gasteiger partial charge is 0.318 e. The number of halogens is 1. The van der Waals surface area contributed by atoms with Crippen molar-refractivity contribution in [3.05, 3.63) is 11.2 Å². The molecule has 1 saturated carbocycles. The lowest BCUT2D eigenvalue weighted by Crippen LogP contribution is -2.38. The van der Waals surface area contributed by atoms with E-state index in [0.717, 1.165) is 12.8 Å². The second kappa shape index (κ2) is 5.39. The van der Waals surface area contributed by atoms with E-state index >= 15 is 0 Å². The van der Waals surface area contributed by atoms with Crippen LogP contribution in [0.5, 0.6) is 6.01 Å². The number of methoxy groups -OCH3 is 1. The number of aromatic nitrogens is 2. The van der Waals surface area contributed by atoms with Gasteiger partial charge in [-0.05, 0) is 19.8 Å². The highest BCUT2D eigenvalue weighted by Crippen LogP contribution is 2.22. The van der Waals surface area contributed by atoms with Gasteiger partial charge in [0.2, 0.25) is 5.91 Å². The predicted octanol–water partition coefficient (Wildman–Crippen LogP) is 1.22.